The summed E-state index contributed by atoms with van der Waals surface area (Å²) >= 11 is 0. The maximum absolute atomic E-state index is 13.7. The molecule has 1 atom stereocenters. The Labute approximate surface area is 129 Å². The van der Waals surface area contributed by atoms with Crippen molar-refractivity contribution in [3.63, 3.8) is 0 Å². The molecule has 0 radical (unpaired) electrons. The van der Waals surface area contributed by atoms with Crippen LogP contribution < -0.4 is 5.32 Å². The molecule has 0 saturated heterocycles. The number of halogens is 1. The largest absolute Gasteiger partial charge is 0.480 e. The minimum absolute atomic E-state index is 0.299. The molecule has 0 spiro atoms. The number of carboxylic acids is 1. The predicted octanol–water partition coefficient (Wildman–Crippen LogP) is 2.68. The number of carbonyl (C=O) groups is 2. The average molecular weight is 305 g/mol. The van der Waals surface area contributed by atoms with Crippen LogP contribution in [-0.2, 0) is 16.0 Å². The van der Waals surface area contributed by atoms with Gasteiger partial charge in [-0.1, -0.05) is 24.3 Å². The van der Waals surface area contributed by atoms with Gasteiger partial charge >= 0.3 is 5.97 Å². The molecule has 2 rings (SSSR count). The van der Waals surface area contributed by atoms with Gasteiger partial charge in [0.25, 0.3) is 0 Å². The molecule has 5 heteroatoms. The van der Waals surface area contributed by atoms with Crippen LogP contribution in [0.3, 0.4) is 0 Å². The SMILES string of the molecule is C=CCCC(NC(=O)C1(Cc2ccccc2F)CC1)C(=O)O. The van der Waals surface area contributed by atoms with Gasteiger partial charge in [0.1, 0.15) is 11.9 Å². The van der Waals surface area contributed by atoms with Gasteiger partial charge in [0.15, 0.2) is 0 Å². The Hall–Kier alpha value is -2.17. The van der Waals surface area contributed by atoms with E-state index in [-0.39, 0.29) is 11.7 Å². The fraction of sp³-hybridized carbons (Fsp3) is 0.412. The van der Waals surface area contributed by atoms with Crippen molar-refractivity contribution in [2.75, 3.05) is 0 Å². The Bertz CT molecular complexity index is 581. The highest BCUT2D eigenvalue weighted by atomic mass is 19.1. The minimum Gasteiger partial charge on any atom is -0.480 e. The van der Waals surface area contributed by atoms with E-state index < -0.39 is 17.4 Å². The number of allylic oxidation sites excluding steroid dienone is 1. The maximum Gasteiger partial charge on any atom is 0.326 e. The summed E-state index contributed by atoms with van der Waals surface area (Å²) in [6.07, 6.45) is 4.05. The van der Waals surface area contributed by atoms with Crippen molar-refractivity contribution in [2.24, 2.45) is 5.41 Å². The first-order chi connectivity index (χ1) is 10.5. The zero-order valence-corrected chi connectivity index (χ0v) is 12.3. The molecule has 0 heterocycles. The molecule has 1 unspecified atom stereocenters. The summed E-state index contributed by atoms with van der Waals surface area (Å²) < 4.78 is 13.7. The third-order valence-electron chi connectivity index (χ3n) is 4.08. The average Bonchev–Trinajstić information content (AvgIpc) is 3.26. The lowest BCUT2D eigenvalue weighted by molar-refractivity contribution is -0.142. The Morgan fingerprint density at radius 2 is 2.09 bits per heavy atom. The maximum atomic E-state index is 13.7. The van der Waals surface area contributed by atoms with Gasteiger partial charge in [0, 0.05) is 0 Å². The molecule has 1 amide bonds. The number of nitrogens with one attached hydrogen (secondary N) is 1. The van der Waals surface area contributed by atoms with Crippen LogP contribution in [0.15, 0.2) is 36.9 Å². The molecular weight excluding hydrogens is 285 g/mol. The van der Waals surface area contributed by atoms with Gasteiger partial charge in [-0.2, -0.15) is 0 Å². The van der Waals surface area contributed by atoms with E-state index in [9.17, 15) is 14.0 Å². The second-order valence-electron chi connectivity index (χ2n) is 5.78. The highest BCUT2D eigenvalue weighted by molar-refractivity contribution is 5.89. The summed E-state index contributed by atoms with van der Waals surface area (Å²) in [7, 11) is 0. The van der Waals surface area contributed by atoms with Gasteiger partial charge in [-0.25, -0.2) is 9.18 Å². The molecule has 22 heavy (non-hydrogen) atoms. The summed E-state index contributed by atoms with van der Waals surface area (Å²) in [5, 5.41) is 11.7. The van der Waals surface area contributed by atoms with Gasteiger partial charge in [0.2, 0.25) is 5.91 Å². The van der Waals surface area contributed by atoms with Gasteiger partial charge in [0.05, 0.1) is 5.41 Å². The van der Waals surface area contributed by atoms with Crippen molar-refractivity contribution in [1.82, 2.24) is 5.32 Å². The van der Waals surface area contributed by atoms with E-state index in [2.05, 4.69) is 11.9 Å². The second kappa shape index (κ2) is 6.73. The quantitative estimate of drug-likeness (QED) is 0.726. The van der Waals surface area contributed by atoms with Crippen molar-refractivity contribution < 1.29 is 19.1 Å². The molecule has 0 aliphatic heterocycles. The Balaban J connectivity index is 2.03. The minimum atomic E-state index is -1.06. The van der Waals surface area contributed by atoms with Crippen molar-refractivity contribution in [1.29, 1.82) is 0 Å². The first kappa shape index (κ1) is 16.2. The Morgan fingerprint density at radius 1 is 1.41 bits per heavy atom. The normalized spacial score (nSPS) is 16.6. The number of carboxylic acid groups (broad SMARTS) is 1. The van der Waals surface area contributed by atoms with Crippen LogP contribution in [0, 0.1) is 11.2 Å². The van der Waals surface area contributed by atoms with Crippen LogP contribution in [0.5, 0.6) is 0 Å². The molecule has 0 aromatic heterocycles. The van der Waals surface area contributed by atoms with E-state index in [1.54, 1.807) is 24.3 Å². The lowest BCUT2D eigenvalue weighted by Gasteiger charge is -2.19. The molecular formula is C17H20FNO3. The zero-order chi connectivity index (χ0) is 16.2. The van der Waals surface area contributed by atoms with E-state index in [0.29, 0.717) is 37.7 Å². The summed E-state index contributed by atoms with van der Waals surface area (Å²) in [6, 6.07) is 5.44. The molecule has 1 saturated carbocycles. The zero-order valence-electron chi connectivity index (χ0n) is 12.3. The van der Waals surface area contributed by atoms with Crippen LogP contribution in [0.4, 0.5) is 4.39 Å². The highest BCUT2D eigenvalue weighted by Crippen LogP contribution is 2.49. The number of benzene rings is 1. The van der Waals surface area contributed by atoms with E-state index in [0.717, 1.165) is 0 Å². The molecule has 1 aliphatic carbocycles. The smallest absolute Gasteiger partial charge is 0.326 e. The van der Waals surface area contributed by atoms with Crippen molar-refractivity contribution in [3.05, 3.63) is 48.3 Å². The monoisotopic (exact) mass is 305 g/mol. The van der Waals surface area contributed by atoms with Crippen LogP contribution in [-0.4, -0.2) is 23.0 Å². The summed E-state index contributed by atoms with van der Waals surface area (Å²) in [4.78, 5) is 23.6. The topological polar surface area (TPSA) is 66.4 Å². The molecule has 0 bridgehead atoms. The number of hydrogen-bond acceptors (Lipinski definition) is 2. The Morgan fingerprint density at radius 3 is 2.64 bits per heavy atom. The van der Waals surface area contributed by atoms with Crippen LogP contribution in [0.25, 0.3) is 0 Å². The van der Waals surface area contributed by atoms with Gasteiger partial charge in [-0.05, 0) is 43.7 Å². The van der Waals surface area contributed by atoms with Crippen LogP contribution in [0.1, 0.15) is 31.2 Å². The third-order valence-corrected chi connectivity index (χ3v) is 4.08. The molecule has 4 nitrogen and oxygen atoms in total. The van der Waals surface area contributed by atoms with Crippen molar-refractivity contribution in [3.8, 4) is 0 Å². The number of aliphatic carboxylic acids is 1. The van der Waals surface area contributed by atoms with E-state index >= 15 is 0 Å². The van der Waals surface area contributed by atoms with E-state index in [1.807, 2.05) is 0 Å². The fourth-order valence-corrected chi connectivity index (χ4v) is 2.49. The van der Waals surface area contributed by atoms with Gasteiger partial charge in [-0.15, -0.1) is 6.58 Å². The second-order valence-corrected chi connectivity index (χ2v) is 5.78. The van der Waals surface area contributed by atoms with Crippen LogP contribution >= 0.6 is 0 Å². The van der Waals surface area contributed by atoms with Crippen LogP contribution in [0.2, 0.25) is 0 Å². The van der Waals surface area contributed by atoms with E-state index in [1.165, 1.54) is 6.07 Å². The molecule has 1 aromatic carbocycles. The lowest BCUT2D eigenvalue weighted by Crippen LogP contribution is -2.44. The first-order valence-electron chi connectivity index (χ1n) is 7.36. The molecule has 2 N–H and O–H groups in total. The van der Waals surface area contributed by atoms with Gasteiger partial charge < -0.3 is 10.4 Å². The molecule has 118 valence electrons. The standard InChI is InChI=1S/C17H20FNO3/c1-2-3-8-14(15(20)21)19-16(22)17(9-10-17)11-12-6-4-5-7-13(12)18/h2,4-7,14H,1,3,8-11H2,(H,19,22)(H,20,21). The number of rotatable bonds is 8. The van der Waals surface area contributed by atoms with Crippen molar-refractivity contribution in [2.45, 2.75) is 38.1 Å². The Kier molecular flexibility index (Phi) is 4.96. The summed E-state index contributed by atoms with van der Waals surface area (Å²) in [5.41, 5.74) is -0.169. The van der Waals surface area contributed by atoms with Crippen molar-refractivity contribution >= 4 is 11.9 Å². The highest BCUT2D eigenvalue weighted by Gasteiger charge is 2.50. The summed E-state index contributed by atoms with van der Waals surface area (Å²) in [5.74, 6) is -1.69. The molecule has 1 aliphatic rings. The predicted molar refractivity (Wildman–Crippen MR) is 80.8 cm³/mol. The van der Waals surface area contributed by atoms with Gasteiger partial charge in [-0.3, -0.25) is 4.79 Å². The summed E-state index contributed by atoms with van der Waals surface area (Å²) in [6.45, 7) is 3.55. The number of amides is 1. The third kappa shape index (κ3) is 3.72. The number of hydrogen-bond donors (Lipinski definition) is 2. The first-order valence-corrected chi connectivity index (χ1v) is 7.36. The number of carbonyl (C=O) groups excluding carboxylic acids is 1. The lowest BCUT2D eigenvalue weighted by atomic mass is 9.94. The molecule has 1 fully saturated rings. The fourth-order valence-electron chi connectivity index (χ4n) is 2.49. The molecule has 1 aromatic rings. The van der Waals surface area contributed by atoms with E-state index in [4.69, 9.17) is 5.11 Å².